The van der Waals surface area contributed by atoms with E-state index in [9.17, 15) is 8.78 Å². The quantitative estimate of drug-likeness (QED) is 0.166. The van der Waals surface area contributed by atoms with Gasteiger partial charge >= 0.3 is 7.12 Å². The van der Waals surface area contributed by atoms with Crippen LogP contribution >= 0.6 is 39.1 Å². The van der Waals surface area contributed by atoms with Crippen molar-refractivity contribution in [2.45, 2.75) is 59.4 Å². The Hall–Kier alpha value is -5.12. The summed E-state index contributed by atoms with van der Waals surface area (Å²) < 4.78 is 38.6. The molecule has 5 heterocycles. The van der Waals surface area contributed by atoms with Gasteiger partial charge in [0.2, 0.25) is 0 Å². The van der Waals surface area contributed by atoms with Crippen molar-refractivity contribution in [2.75, 3.05) is 11.5 Å². The van der Waals surface area contributed by atoms with Crippen LogP contribution in [0.4, 0.5) is 20.4 Å². The van der Waals surface area contributed by atoms with E-state index in [1.54, 1.807) is 30.5 Å². The van der Waals surface area contributed by atoms with Crippen LogP contribution in [-0.2, 0) is 22.4 Å². The number of benzene rings is 4. The van der Waals surface area contributed by atoms with Gasteiger partial charge in [0.25, 0.3) is 0 Å². The number of halogens is 5. The summed E-state index contributed by atoms with van der Waals surface area (Å²) in [5.41, 5.74) is 19.9. The van der Waals surface area contributed by atoms with Gasteiger partial charge in [-0.15, -0.1) is 0 Å². The highest BCUT2D eigenvalue weighted by Gasteiger charge is 2.51. The van der Waals surface area contributed by atoms with Crippen LogP contribution in [0, 0.1) is 11.6 Å². The summed E-state index contributed by atoms with van der Waals surface area (Å²) in [5.74, 6) is 0.0325. The summed E-state index contributed by atoms with van der Waals surface area (Å²) in [7, 11) is -0.373. The molecule has 3 aliphatic rings. The largest absolute Gasteiger partial charge is 0.494 e. The number of anilines is 2. The Kier molecular flexibility index (Phi) is 13.0. The average Bonchev–Trinajstić information content (AvgIpc) is 3.92. The van der Waals surface area contributed by atoms with Crippen LogP contribution < -0.4 is 16.9 Å². The first-order chi connectivity index (χ1) is 27.6. The lowest BCUT2D eigenvalue weighted by Gasteiger charge is -2.32. The zero-order valence-corrected chi connectivity index (χ0v) is 34.9. The Balaban J connectivity index is 0.000000152. The highest BCUT2D eigenvalue weighted by molar-refractivity contribution is 9.10. The van der Waals surface area contributed by atoms with Gasteiger partial charge in [-0.3, -0.25) is 15.0 Å². The number of nitrogens with two attached hydrogens (primary N) is 2. The van der Waals surface area contributed by atoms with Gasteiger partial charge in [0.1, 0.15) is 33.6 Å². The fourth-order valence-corrected chi connectivity index (χ4v) is 7.23. The van der Waals surface area contributed by atoms with Gasteiger partial charge in [0.05, 0.1) is 48.1 Å². The van der Waals surface area contributed by atoms with E-state index in [-0.39, 0.29) is 37.4 Å². The number of aromatic nitrogens is 4. The van der Waals surface area contributed by atoms with E-state index in [0.717, 1.165) is 49.4 Å². The first-order valence-corrected chi connectivity index (χ1v) is 19.6. The van der Waals surface area contributed by atoms with Crippen molar-refractivity contribution in [1.29, 1.82) is 0 Å². The lowest BCUT2D eigenvalue weighted by molar-refractivity contribution is 0.00578. The summed E-state index contributed by atoms with van der Waals surface area (Å²) >= 11 is 15.9. The number of nitrogens with zero attached hydrogens (tertiary/aromatic N) is 6. The summed E-state index contributed by atoms with van der Waals surface area (Å²) in [4.78, 5) is 25.4. The first-order valence-electron chi connectivity index (χ1n) is 18.0. The molecule has 16 heteroatoms. The second-order valence-corrected chi connectivity index (χ2v) is 16.1. The fraction of sp³-hybridized carbons (Fsp3) is 0.209. The van der Waals surface area contributed by atoms with Crippen LogP contribution in [0.15, 0.2) is 99.8 Å². The second kappa shape index (κ2) is 17.6. The standard InChI is InChI=1S/C18H12ClFN4.C14H17BClNO2.C10H7BrFN3.CH4/c19-15-6-11(5-12-7-22-8-14(12)15)17-18(24-16(21)9-23-17)10-1-3-13(20)4-2-10;1-13(2)14(3,4)19-15(18-13)10-5-9-7-17-8-11(9)12(16)6-10;11-10-9(15-8(13)5-14-10)6-1-3-7(12)4-2-6;/h1-7,9H,8H2,(H2,21,24);5-7H,8H2,1-4H3;1-5H,(H2,13,15);1H4. The molecule has 1 saturated heterocycles. The minimum atomic E-state index is -0.373. The third kappa shape index (κ3) is 9.53. The van der Waals surface area contributed by atoms with Crippen LogP contribution in [0.2, 0.25) is 10.0 Å². The number of rotatable bonds is 4. The summed E-state index contributed by atoms with van der Waals surface area (Å²) in [6, 6.07) is 19.9. The molecular formula is C43H40BBrCl2F2N8O2. The average molecular weight is 900 g/mol. The van der Waals surface area contributed by atoms with Gasteiger partial charge < -0.3 is 20.8 Å². The summed E-state index contributed by atoms with van der Waals surface area (Å²) in [6.45, 7) is 9.43. The molecule has 0 radical (unpaired) electrons. The molecule has 0 saturated carbocycles. The Morgan fingerprint density at radius 3 is 1.68 bits per heavy atom. The summed E-state index contributed by atoms with van der Waals surface area (Å²) in [6.07, 6.45) is 6.61. The zero-order valence-electron chi connectivity index (χ0n) is 31.8. The number of hydrogen-bond donors (Lipinski definition) is 2. The van der Waals surface area contributed by atoms with Crippen molar-refractivity contribution >= 4 is 75.8 Å². The van der Waals surface area contributed by atoms with Crippen LogP contribution in [0.1, 0.15) is 57.4 Å². The van der Waals surface area contributed by atoms with Crippen molar-refractivity contribution in [3.63, 3.8) is 0 Å². The SMILES string of the molecule is C.CC1(C)OB(c2cc(Cl)c3c(c2)C=NC3)OC1(C)C.Nc1cnc(-c2cc(Cl)c3c(c2)C=NC3)c(-c2ccc(F)cc2)n1.Nc1cnc(Br)c(-c2ccc(F)cc2)n1. The van der Waals surface area contributed by atoms with Gasteiger partial charge in [-0.05, 0) is 127 Å². The molecule has 0 atom stereocenters. The second-order valence-electron chi connectivity index (χ2n) is 14.6. The van der Waals surface area contributed by atoms with Crippen LogP contribution in [0.5, 0.6) is 0 Å². The maximum absolute atomic E-state index is 13.2. The Morgan fingerprint density at radius 1 is 0.644 bits per heavy atom. The molecule has 2 aromatic heterocycles. The molecule has 3 aliphatic heterocycles. The van der Waals surface area contributed by atoms with Gasteiger partial charge in [0.15, 0.2) is 0 Å². The molecule has 302 valence electrons. The van der Waals surface area contributed by atoms with Crippen molar-refractivity contribution in [3.05, 3.63) is 134 Å². The van der Waals surface area contributed by atoms with Gasteiger partial charge in [-0.1, -0.05) is 36.7 Å². The molecule has 59 heavy (non-hydrogen) atoms. The van der Waals surface area contributed by atoms with E-state index in [2.05, 4.69) is 51.9 Å². The van der Waals surface area contributed by atoms with E-state index in [1.807, 2.05) is 52.1 Å². The van der Waals surface area contributed by atoms with E-state index < -0.39 is 0 Å². The van der Waals surface area contributed by atoms with E-state index >= 15 is 0 Å². The minimum absolute atomic E-state index is 0. The number of nitrogen functional groups attached to an aromatic ring is 2. The van der Waals surface area contributed by atoms with E-state index in [1.165, 1.54) is 36.7 Å². The van der Waals surface area contributed by atoms with Crippen LogP contribution in [0.25, 0.3) is 33.8 Å². The highest BCUT2D eigenvalue weighted by atomic mass is 79.9. The van der Waals surface area contributed by atoms with Crippen molar-refractivity contribution in [2.24, 2.45) is 9.98 Å². The Labute approximate surface area is 360 Å². The monoisotopic (exact) mass is 898 g/mol. The number of fused-ring (bicyclic) bond motifs is 2. The smallest absolute Gasteiger partial charge is 0.399 e. The van der Waals surface area contributed by atoms with Crippen LogP contribution in [0.3, 0.4) is 0 Å². The molecule has 1 fully saturated rings. The molecule has 10 nitrogen and oxygen atoms in total. The van der Waals surface area contributed by atoms with Crippen molar-refractivity contribution < 1.29 is 18.1 Å². The maximum Gasteiger partial charge on any atom is 0.494 e. The molecule has 4 N–H and O–H groups in total. The predicted octanol–water partition coefficient (Wildman–Crippen LogP) is 9.95. The molecule has 0 spiro atoms. The molecule has 0 unspecified atom stereocenters. The molecule has 9 rings (SSSR count). The number of hydrogen-bond acceptors (Lipinski definition) is 10. The molecule has 0 bridgehead atoms. The zero-order chi connectivity index (χ0) is 41.4. The molecule has 6 aromatic rings. The molecule has 0 aliphatic carbocycles. The van der Waals surface area contributed by atoms with Crippen molar-refractivity contribution in [3.8, 4) is 33.8 Å². The van der Waals surface area contributed by atoms with Gasteiger partial charge in [-0.2, -0.15) is 0 Å². The topological polar surface area (TPSA) is 147 Å². The van der Waals surface area contributed by atoms with E-state index in [4.69, 9.17) is 44.0 Å². The van der Waals surface area contributed by atoms with Gasteiger partial charge in [-0.25, -0.2) is 23.7 Å². The van der Waals surface area contributed by atoms with E-state index in [0.29, 0.717) is 51.4 Å². The lowest BCUT2D eigenvalue weighted by atomic mass is 9.78. The predicted molar refractivity (Wildman–Crippen MR) is 238 cm³/mol. The first kappa shape index (κ1) is 43.5. The lowest BCUT2D eigenvalue weighted by Crippen LogP contribution is -2.41. The molecule has 0 amide bonds. The summed E-state index contributed by atoms with van der Waals surface area (Å²) in [5, 5.41) is 1.38. The third-order valence-corrected chi connectivity index (χ3v) is 11.3. The Bertz CT molecular complexity index is 2560. The molecule has 4 aromatic carbocycles. The minimum Gasteiger partial charge on any atom is -0.399 e. The fourth-order valence-electron chi connectivity index (χ4n) is 6.23. The number of aliphatic imine (C=N–C) groups is 2. The van der Waals surface area contributed by atoms with Crippen LogP contribution in [-0.4, -0.2) is 50.7 Å². The highest BCUT2D eigenvalue weighted by Crippen LogP contribution is 2.38. The molecular weight excluding hydrogens is 860 g/mol. The maximum atomic E-state index is 13.2. The third-order valence-electron chi connectivity index (χ3n) is 10.0. The Morgan fingerprint density at radius 2 is 1.12 bits per heavy atom. The normalized spacial score (nSPS) is 15.0. The van der Waals surface area contributed by atoms with Crippen molar-refractivity contribution in [1.82, 2.24) is 19.9 Å². The van der Waals surface area contributed by atoms with Gasteiger partial charge in [0, 0.05) is 50.3 Å².